The van der Waals surface area contributed by atoms with E-state index in [9.17, 15) is 13.2 Å². The fourth-order valence-electron chi connectivity index (χ4n) is 6.94. The number of fused-ring (bicyclic) bond motifs is 3. The zero-order chi connectivity index (χ0) is 35.2. The van der Waals surface area contributed by atoms with Crippen LogP contribution in [0.2, 0.25) is 0 Å². The fourth-order valence-corrected chi connectivity index (χ4v) is 8.38. The van der Waals surface area contributed by atoms with Gasteiger partial charge in [-0.1, -0.05) is 37.3 Å². The van der Waals surface area contributed by atoms with Crippen LogP contribution in [0.15, 0.2) is 77.7 Å². The average molecular weight is 723 g/mol. The number of rotatable bonds is 11. The first-order valence-electron chi connectivity index (χ1n) is 15.9. The van der Waals surface area contributed by atoms with Gasteiger partial charge in [-0.2, -0.15) is 8.42 Å². The van der Waals surface area contributed by atoms with Gasteiger partial charge in [0.05, 0.1) is 46.6 Å². The molecule has 4 aromatic rings. The van der Waals surface area contributed by atoms with Gasteiger partial charge in [0, 0.05) is 11.5 Å². The molecule has 11 nitrogen and oxygen atoms in total. The molecule has 0 bridgehead atoms. The van der Waals surface area contributed by atoms with Gasteiger partial charge in [-0.3, -0.25) is 4.79 Å². The lowest BCUT2D eigenvalue weighted by atomic mass is 9.65. The number of carbonyl (C=O) groups excluding carboxylic acids is 1. The summed E-state index contributed by atoms with van der Waals surface area (Å²) in [7, 11) is 0.381. The van der Waals surface area contributed by atoms with Crippen LogP contribution in [-0.2, 0) is 37.4 Å². The highest BCUT2D eigenvalue weighted by atomic mass is 35.5. The Labute approximate surface area is 295 Å². The third-order valence-corrected chi connectivity index (χ3v) is 11.4. The Bertz CT molecular complexity index is 2020. The molecule has 1 aliphatic carbocycles. The number of halogens is 1. The number of hydrogen-bond acceptors (Lipinski definition) is 11. The topological polar surface area (TPSA) is 125 Å². The Kier molecular flexibility index (Phi) is 8.96. The lowest BCUT2D eigenvalue weighted by molar-refractivity contribution is -0.140. The summed E-state index contributed by atoms with van der Waals surface area (Å²) in [5, 5.41) is 0. The van der Waals surface area contributed by atoms with Gasteiger partial charge in [-0.05, 0) is 71.1 Å². The Morgan fingerprint density at radius 2 is 1.50 bits per heavy atom. The van der Waals surface area contributed by atoms with Gasteiger partial charge in [-0.15, -0.1) is 11.6 Å². The van der Waals surface area contributed by atoms with Gasteiger partial charge >= 0.3 is 16.1 Å². The monoisotopic (exact) mass is 722 g/mol. The van der Waals surface area contributed by atoms with Crippen molar-refractivity contribution in [2.45, 2.75) is 41.7 Å². The van der Waals surface area contributed by atoms with Crippen LogP contribution in [-0.4, -0.2) is 54.0 Å². The molecule has 13 heteroatoms. The second-order valence-electron chi connectivity index (χ2n) is 12.1. The van der Waals surface area contributed by atoms with Gasteiger partial charge in [0.25, 0.3) is 0 Å². The first kappa shape index (κ1) is 33.8. The summed E-state index contributed by atoms with van der Waals surface area (Å²) in [6.45, 7) is 1.91. The molecule has 2 heterocycles. The minimum atomic E-state index is -4.15. The quantitative estimate of drug-likeness (QED) is 0.0981. The van der Waals surface area contributed by atoms with Crippen molar-refractivity contribution in [3.05, 3.63) is 101 Å². The molecule has 0 unspecified atom stereocenters. The molecule has 1 fully saturated rings. The van der Waals surface area contributed by atoms with Gasteiger partial charge in [0.15, 0.2) is 27.9 Å². The number of para-hydroxylation sites is 1. The Hall–Kier alpha value is -4.65. The number of methoxy groups -OCH3 is 3. The number of esters is 1. The molecule has 0 radical (unpaired) electrons. The van der Waals surface area contributed by atoms with Crippen molar-refractivity contribution in [3.8, 4) is 34.5 Å². The van der Waals surface area contributed by atoms with Crippen molar-refractivity contribution in [1.82, 2.24) is 0 Å². The number of carbonyl (C=O) groups is 1. The molecule has 0 N–H and O–H groups in total. The number of alkyl halides is 1. The summed E-state index contributed by atoms with van der Waals surface area (Å²) in [6, 6.07) is 20.5. The van der Waals surface area contributed by atoms with E-state index in [1.54, 1.807) is 54.6 Å². The van der Waals surface area contributed by atoms with Crippen LogP contribution in [0.5, 0.6) is 34.5 Å². The average Bonchev–Trinajstić information content (AvgIpc) is 3.71. The van der Waals surface area contributed by atoms with Crippen LogP contribution in [0.1, 0.15) is 46.8 Å². The zero-order valence-corrected chi connectivity index (χ0v) is 29.3. The van der Waals surface area contributed by atoms with Crippen molar-refractivity contribution in [2.75, 3.05) is 34.7 Å². The van der Waals surface area contributed by atoms with Crippen LogP contribution in [0.3, 0.4) is 0 Å². The highest BCUT2D eigenvalue weighted by molar-refractivity contribution is 7.87. The molecule has 0 saturated carbocycles. The van der Waals surface area contributed by atoms with E-state index >= 15 is 0 Å². The molecule has 0 spiro atoms. The number of ether oxygens (including phenoxy) is 7. The maximum Gasteiger partial charge on any atom is 0.339 e. The van der Waals surface area contributed by atoms with Crippen LogP contribution < -0.4 is 27.9 Å². The van der Waals surface area contributed by atoms with Crippen molar-refractivity contribution >= 4 is 27.7 Å². The smallest absolute Gasteiger partial charge is 0.339 e. The first-order chi connectivity index (χ1) is 24.1. The molecule has 4 atom stereocenters. The number of aryl methyl sites for hydroxylation is 1. The molecular formula is C37H35ClO11S. The second kappa shape index (κ2) is 13.2. The Balaban J connectivity index is 1.29. The van der Waals surface area contributed by atoms with Crippen molar-refractivity contribution < 1.29 is 50.6 Å². The SMILES string of the molecule is CCc1ccc(S(=O)(=O)Oc2ccccc2CO[C@H]2c3cc4c(cc3[C@@H](c3cc(OC)c(OC)c(OC)c3)[C@@]3(Cl)C(=O)OC[C@H]23)OCO4)cc1. The number of hydrogen-bond donors (Lipinski definition) is 0. The normalized spacial score (nSPS) is 21.9. The summed E-state index contributed by atoms with van der Waals surface area (Å²) in [6.07, 6.45) is -0.00842. The predicted molar refractivity (Wildman–Crippen MR) is 181 cm³/mol. The Morgan fingerprint density at radius 1 is 0.840 bits per heavy atom. The summed E-state index contributed by atoms with van der Waals surface area (Å²) in [4.78, 5) is 12.2. The second-order valence-corrected chi connectivity index (χ2v) is 14.2. The maximum atomic E-state index is 13.8. The van der Waals surface area contributed by atoms with E-state index in [4.69, 9.17) is 48.9 Å². The van der Waals surface area contributed by atoms with Gasteiger partial charge in [0.1, 0.15) is 10.6 Å². The Morgan fingerprint density at radius 3 is 2.14 bits per heavy atom. The van der Waals surface area contributed by atoms with Crippen LogP contribution in [0, 0.1) is 5.92 Å². The highest BCUT2D eigenvalue weighted by Crippen LogP contribution is 2.61. The van der Waals surface area contributed by atoms with Crippen LogP contribution in [0.25, 0.3) is 0 Å². The van der Waals surface area contributed by atoms with Gasteiger partial charge in [-0.25, -0.2) is 0 Å². The number of benzene rings is 4. The standard InChI is InChI=1S/C37H35ClO11S/c1-5-21-10-12-24(13-11-21)50(40,41)49-28-9-7-6-8-22(28)18-45-34-26-17-30-29(47-20-48-30)16-25(26)33(37(38)27(34)19-46-36(37)39)23-14-31(42-2)35(44-4)32(15-23)43-3/h6-17,27,33-34H,5,18-20H2,1-4H3/t27-,33-,34+,37-/m1/s1. The van der Waals surface area contributed by atoms with Gasteiger partial charge in [0.2, 0.25) is 12.5 Å². The van der Waals surface area contributed by atoms with Crippen molar-refractivity contribution in [3.63, 3.8) is 0 Å². The van der Waals surface area contributed by atoms with E-state index in [1.807, 2.05) is 13.0 Å². The number of cyclic esters (lactones) is 1. The summed E-state index contributed by atoms with van der Waals surface area (Å²) >= 11 is 7.51. The summed E-state index contributed by atoms with van der Waals surface area (Å²) in [5.74, 6) is 0.223. The van der Waals surface area contributed by atoms with Crippen molar-refractivity contribution in [1.29, 1.82) is 0 Å². The molecule has 50 heavy (non-hydrogen) atoms. The first-order valence-corrected chi connectivity index (χ1v) is 17.7. The molecule has 0 amide bonds. The van der Waals surface area contributed by atoms with E-state index in [1.165, 1.54) is 33.5 Å². The molecular weight excluding hydrogens is 688 g/mol. The summed E-state index contributed by atoms with van der Waals surface area (Å²) < 4.78 is 72.9. The molecule has 4 aromatic carbocycles. The van der Waals surface area contributed by atoms with Crippen molar-refractivity contribution in [2.24, 2.45) is 5.92 Å². The molecule has 0 aromatic heterocycles. The third-order valence-electron chi connectivity index (χ3n) is 9.46. The minimum Gasteiger partial charge on any atom is -0.493 e. The van der Waals surface area contributed by atoms with Gasteiger partial charge < -0.3 is 37.3 Å². The third kappa shape index (κ3) is 5.65. The predicted octanol–water partition coefficient (Wildman–Crippen LogP) is 6.33. The molecule has 1 saturated heterocycles. The molecule has 2 aliphatic heterocycles. The molecule has 3 aliphatic rings. The largest absolute Gasteiger partial charge is 0.493 e. The molecule has 262 valence electrons. The van der Waals surface area contributed by atoms with E-state index in [0.29, 0.717) is 51.0 Å². The van der Waals surface area contributed by atoms with Crippen LogP contribution in [0.4, 0.5) is 0 Å². The van der Waals surface area contributed by atoms with E-state index in [2.05, 4.69) is 0 Å². The van der Waals surface area contributed by atoms with E-state index in [-0.39, 0.29) is 30.7 Å². The fraction of sp³-hybridized carbons (Fsp3) is 0.324. The highest BCUT2D eigenvalue weighted by Gasteiger charge is 2.64. The molecule has 7 rings (SSSR count). The minimum absolute atomic E-state index is 0.0243. The zero-order valence-electron chi connectivity index (χ0n) is 27.8. The lowest BCUT2D eigenvalue weighted by Gasteiger charge is -2.43. The van der Waals surface area contributed by atoms with E-state index in [0.717, 1.165) is 12.0 Å². The van der Waals surface area contributed by atoms with E-state index < -0.39 is 38.9 Å². The summed E-state index contributed by atoms with van der Waals surface area (Å²) in [5.41, 5.74) is 3.45. The lowest BCUT2D eigenvalue weighted by Crippen LogP contribution is -2.48. The van der Waals surface area contributed by atoms with Crippen LogP contribution >= 0.6 is 11.6 Å². The maximum absolute atomic E-state index is 13.8.